The first-order valence-electron chi connectivity index (χ1n) is 5.03. The lowest BCUT2D eigenvalue weighted by Crippen LogP contribution is -2.05. The quantitative estimate of drug-likeness (QED) is 0.718. The van der Waals surface area contributed by atoms with Crippen LogP contribution in [0.1, 0.15) is 17.0 Å². The maximum atomic E-state index is 5.24. The van der Waals surface area contributed by atoms with E-state index >= 15 is 0 Å². The van der Waals surface area contributed by atoms with Gasteiger partial charge in [-0.1, -0.05) is 35.7 Å². The Balaban J connectivity index is 2.17. The van der Waals surface area contributed by atoms with Crippen molar-refractivity contribution in [3.63, 3.8) is 0 Å². The van der Waals surface area contributed by atoms with Crippen LogP contribution in [0.4, 0.5) is 0 Å². The molecule has 0 aliphatic heterocycles. The lowest BCUT2D eigenvalue weighted by atomic mass is 10.1. The molecule has 80 valence electrons. The van der Waals surface area contributed by atoms with E-state index in [2.05, 4.69) is 52.6 Å². The Kier molecular flexibility index (Phi) is 2.97. The van der Waals surface area contributed by atoms with Crippen LogP contribution >= 0.6 is 0 Å². The number of rotatable bonds is 3. The summed E-state index contributed by atoms with van der Waals surface area (Å²) >= 11 is 0. The van der Waals surface area contributed by atoms with Crippen LogP contribution < -0.4 is 0 Å². The van der Waals surface area contributed by atoms with Gasteiger partial charge in [0.1, 0.15) is 6.54 Å². The maximum Gasteiger partial charge on any atom is 0.156 e. The topological polar surface area (TPSA) is 43.6 Å². The SMILES string of the molecule is C#CCn1nnnc1Cc1ccc(C)cc1. The van der Waals surface area contributed by atoms with E-state index in [1.54, 1.807) is 4.68 Å². The van der Waals surface area contributed by atoms with E-state index in [4.69, 9.17) is 6.42 Å². The molecule has 0 saturated heterocycles. The predicted octanol–water partition coefficient (Wildman–Crippen LogP) is 1.21. The molecule has 0 fully saturated rings. The predicted molar refractivity (Wildman–Crippen MR) is 60.6 cm³/mol. The second-order valence-electron chi connectivity index (χ2n) is 3.62. The summed E-state index contributed by atoms with van der Waals surface area (Å²) in [4.78, 5) is 0. The number of terminal acetylenes is 1. The summed E-state index contributed by atoms with van der Waals surface area (Å²) < 4.78 is 1.64. The third kappa shape index (κ3) is 2.26. The molecule has 2 rings (SSSR count). The number of aryl methyl sites for hydroxylation is 1. The van der Waals surface area contributed by atoms with Crippen molar-refractivity contribution in [2.24, 2.45) is 0 Å². The zero-order valence-electron chi connectivity index (χ0n) is 9.09. The monoisotopic (exact) mass is 212 g/mol. The highest BCUT2D eigenvalue weighted by Gasteiger charge is 2.05. The van der Waals surface area contributed by atoms with Gasteiger partial charge in [-0.15, -0.1) is 11.5 Å². The van der Waals surface area contributed by atoms with Crippen molar-refractivity contribution >= 4 is 0 Å². The lowest BCUT2D eigenvalue weighted by Gasteiger charge is -2.01. The van der Waals surface area contributed by atoms with Crippen LogP contribution in [-0.4, -0.2) is 20.2 Å². The fraction of sp³-hybridized carbons (Fsp3) is 0.250. The number of nitrogens with zero attached hydrogens (tertiary/aromatic N) is 4. The maximum absolute atomic E-state index is 5.24. The van der Waals surface area contributed by atoms with Gasteiger partial charge in [-0.2, -0.15) is 0 Å². The van der Waals surface area contributed by atoms with E-state index in [1.807, 2.05) is 0 Å². The molecule has 16 heavy (non-hydrogen) atoms. The Morgan fingerprint density at radius 1 is 1.31 bits per heavy atom. The van der Waals surface area contributed by atoms with Crippen LogP contribution in [0.5, 0.6) is 0 Å². The van der Waals surface area contributed by atoms with E-state index in [9.17, 15) is 0 Å². The summed E-state index contributed by atoms with van der Waals surface area (Å²) in [7, 11) is 0. The molecule has 0 saturated carbocycles. The van der Waals surface area contributed by atoms with E-state index in [-0.39, 0.29) is 0 Å². The van der Waals surface area contributed by atoms with Gasteiger partial charge >= 0.3 is 0 Å². The highest BCUT2D eigenvalue weighted by Crippen LogP contribution is 2.07. The molecule has 4 heteroatoms. The molecule has 0 N–H and O–H groups in total. The fourth-order valence-corrected chi connectivity index (χ4v) is 1.45. The summed E-state index contributed by atoms with van der Waals surface area (Å²) in [6, 6.07) is 8.30. The molecule has 0 unspecified atom stereocenters. The van der Waals surface area contributed by atoms with Crippen LogP contribution in [-0.2, 0) is 13.0 Å². The molecular weight excluding hydrogens is 200 g/mol. The summed E-state index contributed by atoms with van der Waals surface area (Å²) in [5.41, 5.74) is 2.42. The molecule has 0 spiro atoms. The van der Waals surface area contributed by atoms with Crippen molar-refractivity contribution in [1.82, 2.24) is 20.2 Å². The van der Waals surface area contributed by atoms with Crippen LogP contribution in [0.3, 0.4) is 0 Å². The molecule has 1 aromatic carbocycles. The smallest absolute Gasteiger partial charge is 0.156 e. The molecule has 0 atom stereocenters. The van der Waals surface area contributed by atoms with Gasteiger partial charge in [0.15, 0.2) is 5.82 Å². The first-order valence-corrected chi connectivity index (χ1v) is 5.03. The van der Waals surface area contributed by atoms with Crippen LogP contribution in [0.2, 0.25) is 0 Å². The summed E-state index contributed by atoms with van der Waals surface area (Å²) in [5.74, 6) is 3.32. The third-order valence-corrected chi connectivity index (χ3v) is 2.33. The minimum atomic E-state index is 0.411. The van der Waals surface area contributed by atoms with E-state index in [0.29, 0.717) is 13.0 Å². The molecule has 0 radical (unpaired) electrons. The molecular formula is C12H12N4. The van der Waals surface area contributed by atoms with E-state index in [1.165, 1.54) is 11.1 Å². The zero-order valence-corrected chi connectivity index (χ0v) is 9.09. The first kappa shape index (κ1) is 10.4. The van der Waals surface area contributed by atoms with Crippen molar-refractivity contribution in [2.45, 2.75) is 19.9 Å². The number of hydrogen-bond donors (Lipinski definition) is 0. The second-order valence-corrected chi connectivity index (χ2v) is 3.62. The van der Waals surface area contributed by atoms with Gasteiger partial charge in [0.2, 0.25) is 0 Å². The van der Waals surface area contributed by atoms with Gasteiger partial charge in [0.25, 0.3) is 0 Å². The molecule has 1 heterocycles. The number of aromatic nitrogens is 4. The van der Waals surface area contributed by atoms with Crippen LogP contribution in [0.25, 0.3) is 0 Å². The largest absolute Gasteiger partial charge is 0.217 e. The average Bonchev–Trinajstić information content (AvgIpc) is 2.70. The molecule has 1 aromatic heterocycles. The van der Waals surface area contributed by atoms with E-state index < -0.39 is 0 Å². The summed E-state index contributed by atoms with van der Waals surface area (Å²) in [6.45, 7) is 2.47. The van der Waals surface area contributed by atoms with Crippen LogP contribution in [0.15, 0.2) is 24.3 Å². The van der Waals surface area contributed by atoms with Crippen molar-refractivity contribution in [1.29, 1.82) is 0 Å². The van der Waals surface area contributed by atoms with Crippen molar-refractivity contribution in [3.05, 3.63) is 41.2 Å². The normalized spacial score (nSPS) is 10.0. The standard InChI is InChI=1S/C12H12N4/c1-3-8-16-12(13-14-15-16)9-11-6-4-10(2)5-7-11/h1,4-7H,8-9H2,2H3. The van der Waals surface area contributed by atoms with Gasteiger partial charge in [0.05, 0.1) is 0 Å². The fourth-order valence-electron chi connectivity index (χ4n) is 1.45. The Morgan fingerprint density at radius 3 is 2.75 bits per heavy atom. The Bertz CT molecular complexity index is 505. The van der Waals surface area contributed by atoms with Crippen molar-refractivity contribution in [3.8, 4) is 12.3 Å². The zero-order chi connectivity index (χ0) is 11.4. The Morgan fingerprint density at radius 2 is 2.06 bits per heavy atom. The van der Waals surface area contributed by atoms with E-state index in [0.717, 1.165) is 5.82 Å². The highest BCUT2D eigenvalue weighted by molar-refractivity contribution is 5.23. The molecule has 4 nitrogen and oxygen atoms in total. The van der Waals surface area contributed by atoms with Gasteiger partial charge in [-0.3, -0.25) is 0 Å². The first-order chi connectivity index (χ1) is 7.79. The summed E-state index contributed by atoms with van der Waals surface area (Å²) in [6.07, 6.45) is 5.94. The lowest BCUT2D eigenvalue weighted by molar-refractivity contribution is 0.646. The highest BCUT2D eigenvalue weighted by atomic mass is 15.5. The number of hydrogen-bond acceptors (Lipinski definition) is 3. The average molecular weight is 212 g/mol. The number of tetrazole rings is 1. The van der Waals surface area contributed by atoms with Crippen molar-refractivity contribution < 1.29 is 0 Å². The minimum Gasteiger partial charge on any atom is -0.217 e. The van der Waals surface area contributed by atoms with Gasteiger partial charge in [-0.25, -0.2) is 4.68 Å². The summed E-state index contributed by atoms with van der Waals surface area (Å²) in [5, 5.41) is 11.4. The van der Waals surface area contributed by atoms with Crippen molar-refractivity contribution in [2.75, 3.05) is 0 Å². The third-order valence-electron chi connectivity index (χ3n) is 2.33. The Hall–Kier alpha value is -2.15. The van der Waals surface area contributed by atoms with Gasteiger partial charge < -0.3 is 0 Å². The second kappa shape index (κ2) is 4.58. The molecule has 0 amide bonds. The minimum absolute atomic E-state index is 0.411. The van der Waals surface area contributed by atoms with Gasteiger partial charge in [0, 0.05) is 6.42 Å². The molecule has 2 aromatic rings. The van der Waals surface area contributed by atoms with Gasteiger partial charge in [-0.05, 0) is 22.9 Å². The van der Waals surface area contributed by atoms with Crippen LogP contribution in [0, 0.1) is 19.3 Å². The molecule has 0 aliphatic rings. The number of benzene rings is 1. The Labute approximate surface area is 94.3 Å². The molecule has 0 bridgehead atoms. The molecule has 0 aliphatic carbocycles.